The van der Waals surface area contributed by atoms with E-state index in [9.17, 15) is 8.78 Å². The van der Waals surface area contributed by atoms with Crippen LogP contribution in [0.15, 0.2) is 35.6 Å². The summed E-state index contributed by atoms with van der Waals surface area (Å²) in [6, 6.07) is 3.80. The van der Waals surface area contributed by atoms with Gasteiger partial charge in [0.15, 0.2) is 23.3 Å². The summed E-state index contributed by atoms with van der Waals surface area (Å²) in [6.45, 7) is 5.49. The summed E-state index contributed by atoms with van der Waals surface area (Å²) in [7, 11) is 0. The maximum Gasteiger partial charge on any atom is 0.198 e. The Hall–Kier alpha value is -2.87. The third-order valence-corrected chi connectivity index (χ3v) is 4.66. The molecule has 1 aliphatic rings. The number of nitrogens with zero attached hydrogens (tertiary/aromatic N) is 2. The van der Waals surface area contributed by atoms with Crippen LogP contribution in [-0.4, -0.2) is 29.0 Å². The summed E-state index contributed by atoms with van der Waals surface area (Å²) in [5.41, 5.74) is 0.730. The standard InChI is InChI=1S/C19H18ClF2N5O/c1-19(2)8-25-18(26-9-19)27-10-5-12(21)16(13(22)6-10)28-14-3-4-23-17-15(14)11(20)7-24-17/h3-7H,8-9H2,1-2H3,(H,23,24)(H2,25,26,27). The van der Waals surface area contributed by atoms with Gasteiger partial charge in [-0.05, 0) is 6.07 Å². The number of aliphatic imine (C=N–C) groups is 1. The van der Waals surface area contributed by atoms with Crippen molar-refractivity contribution < 1.29 is 13.5 Å². The van der Waals surface area contributed by atoms with Crippen molar-refractivity contribution >= 4 is 34.3 Å². The lowest BCUT2D eigenvalue weighted by Crippen LogP contribution is -2.44. The van der Waals surface area contributed by atoms with Crippen LogP contribution in [0.5, 0.6) is 11.5 Å². The minimum Gasteiger partial charge on any atom is -0.450 e. The van der Waals surface area contributed by atoms with E-state index in [1.807, 2.05) is 0 Å². The molecule has 0 fully saturated rings. The second kappa shape index (κ2) is 6.94. The molecule has 4 rings (SSSR count). The number of benzene rings is 1. The Bertz CT molecular complexity index is 1060. The van der Waals surface area contributed by atoms with Crippen LogP contribution in [0.3, 0.4) is 0 Å². The van der Waals surface area contributed by atoms with E-state index in [0.717, 1.165) is 12.1 Å². The fourth-order valence-electron chi connectivity index (χ4n) is 2.86. The van der Waals surface area contributed by atoms with Crippen molar-refractivity contribution in [2.75, 3.05) is 18.4 Å². The number of ether oxygens (including phenoxy) is 1. The molecular weight excluding hydrogens is 388 g/mol. The summed E-state index contributed by atoms with van der Waals surface area (Å²) in [5, 5.41) is 6.81. The van der Waals surface area contributed by atoms with Crippen LogP contribution in [0.1, 0.15) is 13.8 Å². The van der Waals surface area contributed by atoms with Gasteiger partial charge in [-0.15, -0.1) is 0 Å². The van der Waals surface area contributed by atoms with Crippen molar-refractivity contribution in [3.63, 3.8) is 0 Å². The lowest BCUT2D eigenvalue weighted by Gasteiger charge is -2.29. The molecule has 0 aliphatic carbocycles. The molecule has 0 saturated carbocycles. The van der Waals surface area contributed by atoms with Crippen molar-refractivity contribution in [1.29, 1.82) is 0 Å². The first-order valence-corrected chi connectivity index (χ1v) is 9.04. The zero-order valence-electron chi connectivity index (χ0n) is 15.2. The Labute approximate surface area is 165 Å². The van der Waals surface area contributed by atoms with Crippen molar-refractivity contribution in [2.24, 2.45) is 10.4 Å². The summed E-state index contributed by atoms with van der Waals surface area (Å²) in [5.74, 6) is -1.54. The molecule has 28 heavy (non-hydrogen) atoms. The Morgan fingerprint density at radius 3 is 2.68 bits per heavy atom. The molecule has 9 heteroatoms. The third-order valence-electron chi connectivity index (χ3n) is 4.36. The number of rotatable bonds is 3. The smallest absolute Gasteiger partial charge is 0.198 e. The highest BCUT2D eigenvalue weighted by Gasteiger charge is 2.23. The summed E-state index contributed by atoms with van der Waals surface area (Å²) in [4.78, 5) is 11.3. The van der Waals surface area contributed by atoms with E-state index in [0.29, 0.717) is 35.1 Å². The molecule has 0 saturated heterocycles. The fourth-order valence-corrected chi connectivity index (χ4v) is 3.10. The second-order valence-corrected chi connectivity index (χ2v) is 7.76. The van der Waals surface area contributed by atoms with Crippen LogP contribution >= 0.6 is 11.6 Å². The van der Waals surface area contributed by atoms with Crippen molar-refractivity contribution in [3.05, 3.63) is 47.2 Å². The largest absolute Gasteiger partial charge is 0.450 e. The van der Waals surface area contributed by atoms with Gasteiger partial charge in [0.2, 0.25) is 0 Å². The lowest BCUT2D eigenvalue weighted by atomic mass is 9.93. The minimum atomic E-state index is -0.851. The maximum atomic E-state index is 14.6. The van der Waals surface area contributed by atoms with Gasteiger partial charge in [-0.25, -0.2) is 13.8 Å². The van der Waals surface area contributed by atoms with Gasteiger partial charge in [-0.3, -0.25) is 4.99 Å². The minimum absolute atomic E-state index is 0.0365. The fraction of sp³-hybridized carbons (Fsp3) is 0.263. The van der Waals surface area contributed by atoms with Gasteiger partial charge in [0.25, 0.3) is 0 Å². The van der Waals surface area contributed by atoms with Crippen molar-refractivity contribution in [2.45, 2.75) is 13.8 Å². The molecule has 0 radical (unpaired) electrons. The molecular formula is C19H18ClF2N5O. The number of guanidine groups is 1. The third kappa shape index (κ3) is 3.60. The number of aromatic nitrogens is 2. The summed E-state index contributed by atoms with van der Waals surface area (Å²) in [6.07, 6.45) is 3.00. The maximum absolute atomic E-state index is 14.6. The predicted molar refractivity (Wildman–Crippen MR) is 105 cm³/mol. The molecule has 0 unspecified atom stereocenters. The zero-order valence-corrected chi connectivity index (χ0v) is 16.0. The second-order valence-electron chi connectivity index (χ2n) is 7.35. The molecule has 0 bridgehead atoms. The van der Waals surface area contributed by atoms with Crippen LogP contribution < -0.4 is 15.4 Å². The first-order valence-electron chi connectivity index (χ1n) is 8.66. The van der Waals surface area contributed by atoms with Crippen molar-refractivity contribution in [3.8, 4) is 11.5 Å². The molecule has 3 N–H and O–H groups in total. The van der Waals surface area contributed by atoms with E-state index in [-0.39, 0.29) is 16.9 Å². The highest BCUT2D eigenvalue weighted by atomic mass is 35.5. The molecule has 1 aromatic carbocycles. The normalized spacial score (nSPS) is 15.8. The molecule has 0 amide bonds. The molecule has 0 atom stereocenters. The van der Waals surface area contributed by atoms with Gasteiger partial charge in [0.1, 0.15) is 11.4 Å². The van der Waals surface area contributed by atoms with Crippen LogP contribution in [0.25, 0.3) is 11.0 Å². The van der Waals surface area contributed by atoms with Gasteiger partial charge in [-0.1, -0.05) is 25.4 Å². The quantitative estimate of drug-likeness (QED) is 0.591. The van der Waals surface area contributed by atoms with E-state index < -0.39 is 17.4 Å². The van der Waals surface area contributed by atoms with E-state index >= 15 is 0 Å². The summed E-state index contributed by atoms with van der Waals surface area (Å²) >= 11 is 6.11. The van der Waals surface area contributed by atoms with Crippen LogP contribution in [-0.2, 0) is 0 Å². The average molecular weight is 406 g/mol. The first kappa shape index (κ1) is 18.5. The van der Waals surface area contributed by atoms with Gasteiger partial charge >= 0.3 is 0 Å². The SMILES string of the molecule is CC1(C)CN=C(Nc2cc(F)c(Oc3ccnc4[nH]cc(Cl)c34)c(F)c2)NC1. The predicted octanol–water partition coefficient (Wildman–Crippen LogP) is 4.68. The van der Waals surface area contributed by atoms with Crippen LogP contribution in [0.4, 0.5) is 14.5 Å². The summed E-state index contributed by atoms with van der Waals surface area (Å²) < 4.78 is 34.7. The zero-order chi connectivity index (χ0) is 19.9. The molecule has 2 aromatic heterocycles. The van der Waals surface area contributed by atoms with Gasteiger partial charge in [0.05, 0.1) is 10.4 Å². The van der Waals surface area contributed by atoms with Gasteiger partial charge in [0, 0.05) is 48.7 Å². The number of H-pyrrole nitrogens is 1. The number of aromatic amines is 1. The molecule has 3 aromatic rings. The number of halogens is 3. The van der Waals surface area contributed by atoms with Crippen molar-refractivity contribution in [1.82, 2.24) is 15.3 Å². The number of hydrogen-bond donors (Lipinski definition) is 3. The molecule has 3 heterocycles. The topological polar surface area (TPSA) is 74.3 Å². The van der Waals surface area contributed by atoms with Gasteiger partial charge in [-0.2, -0.15) is 0 Å². The number of anilines is 1. The Kier molecular flexibility index (Phi) is 4.58. The van der Waals surface area contributed by atoms with E-state index in [1.54, 1.807) is 0 Å². The van der Waals surface area contributed by atoms with E-state index in [1.165, 1.54) is 18.5 Å². The van der Waals surface area contributed by atoms with Crippen LogP contribution in [0.2, 0.25) is 5.02 Å². The monoisotopic (exact) mass is 405 g/mol. The average Bonchev–Trinajstić information content (AvgIpc) is 3.02. The Morgan fingerprint density at radius 2 is 2.00 bits per heavy atom. The van der Waals surface area contributed by atoms with Gasteiger partial charge < -0.3 is 20.4 Å². The molecule has 0 spiro atoms. The molecule has 146 valence electrons. The number of pyridine rings is 1. The molecule has 1 aliphatic heterocycles. The van der Waals surface area contributed by atoms with Crippen LogP contribution in [0, 0.1) is 17.0 Å². The van der Waals surface area contributed by atoms with E-state index in [2.05, 4.69) is 39.4 Å². The highest BCUT2D eigenvalue weighted by molar-refractivity contribution is 6.36. The highest BCUT2D eigenvalue weighted by Crippen LogP contribution is 2.36. The number of nitrogens with one attached hydrogen (secondary N) is 3. The molecule has 6 nitrogen and oxygen atoms in total. The first-order chi connectivity index (χ1) is 13.3. The number of fused-ring (bicyclic) bond motifs is 1. The Morgan fingerprint density at radius 1 is 1.25 bits per heavy atom. The van der Waals surface area contributed by atoms with E-state index in [4.69, 9.17) is 16.3 Å². The number of hydrogen-bond acceptors (Lipinski definition) is 5. The lowest BCUT2D eigenvalue weighted by molar-refractivity contribution is 0.362. The Balaban J connectivity index is 1.60.